The largest absolute Gasteiger partial charge is 0.495 e. The zero-order valence-corrected chi connectivity index (χ0v) is 16.7. The standard InChI is InChI=1S/C19H15BrClN3O3/c1-26-16-6-5-14(21)9-15(16)24-10-12(8-17(24)25)19-22-18(23-27-19)11-3-2-4-13(20)7-11/h2-7,9,12H,8,10H2,1H3. The fraction of sp³-hybridized carbons (Fsp3) is 0.211. The molecule has 2 heterocycles. The van der Waals surface area contributed by atoms with Crippen LogP contribution in [0.1, 0.15) is 18.2 Å². The number of anilines is 1. The highest BCUT2D eigenvalue weighted by Gasteiger charge is 2.36. The van der Waals surface area contributed by atoms with Crippen molar-refractivity contribution in [1.29, 1.82) is 0 Å². The monoisotopic (exact) mass is 447 g/mol. The lowest BCUT2D eigenvalue weighted by atomic mass is 10.1. The molecule has 0 bridgehead atoms. The molecule has 0 aliphatic carbocycles. The lowest BCUT2D eigenvalue weighted by Crippen LogP contribution is -2.24. The summed E-state index contributed by atoms with van der Waals surface area (Å²) in [6.45, 7) is 0.426. The zero-order valence-electron chi connectivity index (χ0n) is 14.4. The van der Waals surface area contributed by atoms with Gasteiger partial charge in [-0.05, 0) is 30.3 Å². The Labute approximate surface area is 169 Å². The van der Waals surface area contributed by atoms with E-state index in [0.717, 1.165) is 10.0 Å². The maximum atomic E-state index is 12.6. The van der Waals surface area contributed by atoms with Gasteiger partial charge in [-0.1, -0.05) is 44.8 Å². The molecule has 3 aromatic rings. The summed E-state index contributed by atoms with van der Waals surface area (Å²) in [5, 5.41) is 4.60. The Morgan fingerprint density at radius 1 is 1.30 bits per heavy atom. The molecule has 1 atom stereocenters. The van der Waals surface area contributed by atoms with Crippen molar-refractivity contribution in [3.63, 3.8) is 0 Å². The van der Waals surface area contributed by atoms with Crippen LogP contribution in [0.25, 0.3) is 11.4 Å². The Balaban J connectivity index is 1.59. The number of aromatic nitrogens is 2. The van der Waals surface area contributed by atoms with E-state index in [1.165, 1.54) is 0 Å². The molecule has 8 heteroatoms. The second kappa shape index (κ2) is 7.32. The number of ether oxygens (including phenoxy) is 1. The predicted molar refractivity (Wildman–Crippen MR) is 105 cm³/mol. The number of methoxy groups -OCH3 is 1. The first-order valence-corrected chi connectivity index (χ1v) is 9.45. The number of amides is 1. The number of carbonyl (C=O) groups is 1. The summed E-state index contributed by atoms with van der Waals surface area (Å²) < 4.78 is 11.7. The first kappa shape index (κ1) is 18.0. The molecule has 1 aliphatic heterocycles. The van der Waals surface area contributed by atoms with Crippen LogP contribution < -0.4 is 9.64 Å². The number of nitrogens with zero attached hydrogens (tertiary/aromatic N) is 3. The minimum atomic E-state index is -0.186. The van der Waals surface area contributed by atoms with E-state index < -0.39 is 0 Å². The van der Waals surface area contributed by atoms with Crippen molar-refractivity contribution < 1.29 is 14.1 Å². The van der Waals surface area contributed by atoms with E-state index in [1.54, 1.807) is 30.2 Å². The maximum absolute atomic E-state index is 12.6. The first-order chi connectivity index (χ1) is 13.0. The number of halogens is 2. The molecule has 6 nitrogen and oxygen atoms in total. The summed E-state index contributed by atoms with van der Waals surface area (Å²) in [5.74, 6) is 1.31. The van der Waals surface area contributed by atoms with Crippen LogP contribution in [0.15, 0.2) is 51.5 Å². The van der Waals surface area contributed by atoms with E-state index in [0.29, 0.717) is 34.7 Å². The Morgan fingerprint density at radius 2 is 2.15 bits per heavy atom. The van der Waals surface area contributed by atoms with E-state index >= 15 is 0 Å². The topological polar surface area (TPSA) is 68.5 Å². The quantitative estimate of drug-likeness (QED) is 0.579. The summed E-state index contributed by atoms with van der Waals surface area (Å²) in [4.78, 5) is 18.7. The second-order valence-electron chi connectivity index (χ2n) is 6.19. The Hall–Kier alpha value is -2.38. The van der Waals surface area contributed by atoms with Gasteiger partial charge in [0.2, 0.25) is 17.6 Å². The van der Waals surface area contributed by atoms with Gasteiger partial charge in [0, 0.05) is 28.0 Å². The number of hydrogen-bond acceptors (Lipinski definition) is 5. The van der Waals surface area contributed by atoms with E-state index in [9.17, 15) is 4.79 Å². The molecule has 0 N–H and O–H groups in total. The SMILES string of the molecule is COc1ccc(Cl)cc1N1CC(c2nc(-c3cccc(Br)c3)no2)CC1=O. The number of benzene rings is 2. The van der Waals surface area contributed by atoms with E-state index in [2.05, 4.69) is 26.1 Å². The van der Waals surface area contributed by atoms with Gasteiger partial charge in [-0.3, -0.25) is 4.79 Å². The molecule has 1 aromatic heterocycles. The van der Waals surface area contributed by atoms with E-state index in [4.69, 9.17) is 20.9 Å². The lowest BCUT2D eigenvalue weighted by molar-refractivity contribution is -0.117. The average molecular weight is 449 g/mol. The highest BCUT2D eigenvalue weighted by atomic mass is 79.9. The highest BCUT2D eigenvalue weighted by molar-refractivity contribution is 9.10. The molecule has 27 heavy (non-hydrogen) atoms. The number of rotatable bonds is 4. The molecular formula is C19H15BrClN3O3. The fourth-order valence-electron chi connectivity index (χ4n) is 3.13. The Morgan fingerprint density at radius 3 is 2.93 bits per heavy atom. The smallest absolute Gasteiger partial charge is 0.232 e. The highest BCUT2D eigenvalue weighted by Crippen LogP contribution is 2.38. The van der Waals surface area contributed by atoms with E-state index in [-0.39, 0.29) is 18.2 Å². The third-order valence-electron chi connectivity index (χ3n) is 4.43. The van der Waals surface area contributed by atoms with Crippen LogP contribution in [-0.2, 0) is 4.79 Å². The summed E-state index contributed by atoms with van der Waals surface area (Å²) in [6, 6.07) is 12.8. The van der Waals surface area contributed by atoms with Crippen molar-refractivity contribution >= 4 is 39.1 Å². The van der Waals surface area contributed by atoms with Crippen molar-refractivity contribution in [3.05, 3.63) is 57.9 Å². The van der Waals surface area contributed by atoms with Crippen LogP contribution in [0.3, 0.4) is 0 Å². The van der Waals surface area contributed by atoms with Crippen molar-refractivity contribution in [2.45, 2.75) is 12.3 Å². The number of hydrogen-bond donors (Lipinski definition) is 0. The Kier molecular flexibility index (Phi) is 4.88. The van der Waals surface area contributed by atoms with Gasteiger partial charge in [0.1, 0.15) is 5.75 Å². The lowest BCUT2D eigenvalue weighted by Gasteiger charge is -2.19. The van der Waals surface area contributed by atoms with Crippen LogP contribution in [0.4, 0.5) is 5.69 Å². The molecule has 1 unspecified atom stereocenters. The normalized spacial score (nSPS) is 16.8. The van der Waals surface area contributed by atoms with Crippen LogP contribution in [0.2, 0.25) is 5.02 Å². The van der Waals surface area contributed by atoms with Crippen molar-refractivity contribution in [2.24, 2.45) is 0 Å². The third-order valence-corrected chi connectivity index (χ3v) is 5.16. The molecular weight excluding hydrogens is 434 g/mol. The molecule has 1 saturated heterocycles. The molecule has 1 fully saturated rings. The summed E-state index contributed by atoms with van der Waals surface area (Å²) in [7, 11) is 1.56. The van der Waals surface area contributed by atoms with Gasteiger partial charge in [-0.2, -0.15) is 4.98 Å². The van der Waals surface area contributed by atoms with Gasteiger partial charge in [0.15, 0.2) is 0 Å². The first-order valence-electron chi connectivity index (χ1n) is 8.28. The Bertz CT molecular complexity index is 1010. The van der Waals surface area contributed by atoms with Gasteiger partial charge in [-0.25, -0.2) is 0 Å². The summed E-state index contributed by atoms with van der Waals surface area (Å²) >= 11 is 9.53. The van der Waals surface area contributed by atoms with E-state index in [1.807, 2.05) is 24.3 Å². The molecule has 0 radical (unpaired) electrons. The molecule has 2 aromatic carbocycles. The molecule has 4 rings (SSSR count). The van der Waals surface area contributed by atoms with Crippen LogP contribution in [0.5, 0.6) is 5.75 Å². The van der Waals surface area contributed by atoms with Crippen LogP contribution >= 0.6 is 27.5 Å². The summed E-state index contributed by atoms with van der Waals surface area (Å²) in [5.41, 5.74) is 1.49. The minimum absolute atomic E-state index is 0.0391. The predicted octanol–water partition coefficient (Wildman–Crippen LogP) is 4.68. The van der Waals surface area contributed by atoms with Crippen molar-refractivity contribution in [3.8, 4) is 17.1 Å². The van der Waals surface area contributed by atoms with Crippen molar-refractivity contribution in [1.82, 2.24) is 10.1 Å². The van der Waals surface area contributed by atoms with Crippen LogP contribution in [0, 0.1) is 0 Å². The summed E-state index contributed by atoms with van der Waals surface area (Å²) in [6.07, 6.45) is 0.287. The molecule has 1 aliphatic rings. The second-order valence-corrected chi connectivity index (χ2v) is 7.54. The molecule has 1 amide bonds. The van der Waals surface area contributed by atoms with Gasteiger partial charge in [-0.15, -0.1) is 0 Å². The van der Waals surface area contributed by atoms with Gasteiger partial charge >= 0.3 is 0 Å². The maximum Gasteiger partial charge on any atom is 0.232 e. The molecule has 138 valence electrons. The molecule has 0 saturated carbocycles. The van der Waals surface area contributed by atoms with Gasteiger partial charge < -0.3 is 14.2 Å². The minimum Gasteiger partial charge on any atom is -0.495 e. The third kappa shape index (κ3) is 3.57. The zero-order chi connectivity index (χ0) is 19.0. The van der Waals surface area contributed by atoms with Gasteiger partial charge in [0.05, 0.1) is 18.7 Å². The molecule has 0 spiro atoms. The average Bonchev–Trinajstić information content (AvgIpc) is 3.28. The number of carbonyl (C=O) groups excluding carboxylic acids is 1. The van der Waals surface area contributed by atoms with Gasteiger partial charge in [0.25, 0.3) is 0 Å². The fourth-order valence-corrected chi connectivity index (χ4v) is 3.69. The van der Waals surface area contributed by atoms with Crippen molar-refractivity contribution in [2.75, 3.05) is 18.6 Å². The van der Waals surface area contributed by atoms with Crippen LogP contribution in [-0.4, -0.2) is 29.7 Å².